The number of aryl methyl sites for hydroxylation is 1. The van der Waals surface area contributed by atoms with Crippen molar-refractivity contribution in [2.24, 2.45) is 0 Å². The molecule has 1 aromatic heterocycles. The Kier molecular flexibility index (Phi) is 3.02. The molecule has 2 heterocycles. The van der Waals surface area contributed by atoms with Gasteiger partial charge in [0, 0.05) is 31.9 Å². The molecule has 16 heavy (non-hydrogen) atoms. The van der Waals surface area contributed by atoms with Crippen LogP contribution in [0.1, 0.15) is 11.4 Å². The highest BCUT2D eigenvalue weighted by molar-refractivity contribution is 5.36. The van der Waals surface area contributed by atoms with Crippen LogP contribution in [0, 0.1) is 18.3 Å². The van der Waals surface area contributed by atoms with Gasteiger partial charge in [-0.2, -0.15) is 5.26 Å². The zero-order valence-corrected chi connectivity index (χ0v) is 9.64. The van der Waals surface area contributed by atoms with Gasteiger partial charge in [-0.3, -0.25) is 0 Å². The third kappa shape index (κ3) is 2.28. The number of rotatable bonds is 1. The molecule has 5 heteroatoms. The molecule has 0 aliphatic carbocycles. The summed E-state index contributed by atoms with van der Waals surface area (Å²) in [6.07, 6.45) is 0. The van der Waals surface area contributed by atoms with Gasteiger partial charge in [0.05, 0.1) is 0 Å². The summed E-state index contributed by atoms with van der Waals surface area (Å²) in [6.45, 7) is 5.76. The van der Waals surface area contributed by atoms with Gasteiger partial charge in [-0.25, -0.2) is 9.97 Å². The van der Waals surface area contributed by atoms with Gasteiger partial charge in [-0.1, -0.05) is 0 Å². The molecule has 84 valence electrons. The van der Waals surface area contributed by atoms with Crippen LogP contribution >= 0.6 is 0 Å². The summed E-state index contributed by atoms with van der Waals surface area (Å²) in [5, 5.41) is 8.86. The summed E-state index contributed by atoms with van der Waals surface area (Å²) in [4.78, 5) is 13.0. The molecular formula is C11H15N5. The zero-order valence-electron chi connectivity index (χ0n) is 9.64. The van der Waals surface area contributed by atoms with Crippen molar-refractivity contribution in [3.05, 3.63) is 17.5 Å². The van der Waals surface area contributed by atoms with Crippen molar-refractivity contribution >= 4 is 5.95 Å². The van der Waals surface area contributed by atoms with Gasteiger partial charge in [0.15, 0.2) is 0 Å². The average molecular weight is 217 g/mol. The second-order valence-electron chi connectivity index (χ2n) is 4.10. The van der Waals surface area contributed by atoms with Crippen LogP contribution in [0.25, 0.3) is 0 Å². The lowest BCUT2D eigenvalue weighted by molar-refractivity contribution is 0.311. The molecule has 0 radical (unpaired) electrons. The monoisotopic (exact) mass is 217 g/mol. The molecule has 0 saturated carbocycles. The van der Waals surface area contributed by atoms with E-state index in [1.807, 2.05) is 6.92 Å². The van der Waals surface area contributed by atoms with E-state index in [0.717, 1.165) is 31.9 Å². The number of hydrogen-bond acceptors (Lipinski definition) is 5. The largest absolute Gasteiger partial charge is 0.338 e. The third-order valence-electron chi connectivity index (χ3n) is 2.74. The molecule has 0 amide bonds. The van der Waals surface area contributed by atoms with Gasteiger partial charge in [-0.15, -0.1) is 0 Å². The lowest BCUT2D eigenvalue weighted by Gasteiger charge is -2.32. The van der Waals surface area contributed by atoms with Crippen LogP contribution in [0.3, 0.4) is 0 Å². The second kappa shape index (κ2) is 4.45. The van der Waals surface area contributed by atoms with E-state index in [9.17, 15) is 0 Å². The Morgan fingerprint density at radius 1 is 1.25 bits per heavy atom. The maximum atomic E-state index is 8.86. The lowest BCUT2D eigenvalue weighted by atomic mass is 10.3. The van der Waals surface area contributed by atoms with Crippen molar-refractivity contribution in [2.75, 3.05) is 38.1 Å². The Bertz CT molecular complexity index is 415. The van der Waals surface area contributed by atoms with E-state index in [1.165, 1.54) is 0 Å². The van der Waals surface area contributed by atoms with E-state index < -0.39 is 0 Å². The van der Waals surface area contributed by atoms with Crippen LogP contribution in [0.2, 0.25) is 0 Å². The molecular weight excluding hydrogens is 202 g/mol. The summed E-state index contributed by atoms with van der Waals surface area (Å²) in [5.74, 6) is 0.685. The number of piperazine rings is 1. The van der Waals surface area contributed by atoms with Crippen molar-refractivity contribution in [3.63, 3.8) is 0 Å². The van der Waals surface area contributed by atoms with Crippen LogP contribution in [0.15, 0.2) is 6.07 Å². The zero-order chi connectivity index (χ0) is 11.5. The molecule has 0 aromatic carbocycles. The topological polar surface area (TPSA) is 56.1 Å². The fourth-order valence-corrected chi connectivity index (χ4v) is 1.76. The first kappa shape index (κ1) is 10.8. The maximum absolute atomic E-state index is 8.86. The fourth-order valence-electron chi connectivity index (χ4n) is 1.76. The molecule has 1 aliphatic rings. The van der Waals surface area contributed by atoms with E-state index in [1.54, 1.807) is 6.07 Å². The highest BCUT2D eigenvalue weighted by Gasteiger charge is 2.17. The summed E-state index contributed by atoms with van der Waals surface area (Å²) in [5.41, 5.74) is 1.29. The number of likely N-dealkylation sites (N-methyl/N-ethyl adjacent to an activating group) is 1. The van der Waals surface area contributed by atoms with Crippen molar-refractivity contribution in [1.82, 2.24) is 14.9 Å². The second-order valence-corrected chi connectivity index (χ2v) is 4.10. The summed E-state index contributed by atoms with van der Waals surface area (Å²) >= 11 is 0. The molecule has 1 fully saturated rings. The number of nitriles is 1. The van der Waals surface area contributed by atoms with E-state index in [2.05, 4.69) is 32.9 Å². The predicted octanol–water partition coefficient (Wildman–Crippen LogP) is 0.408. The Morgan fingerprint density at radius 2 is 1.94 bits per heavy atom. The number of anilines is 1. The van der Waals surface area contributed by atoms with Gasteiger partial charge in [0.25, 0.3) is 0 Å². The fraction of sp³-hybridized carbons (Fsp3) is 0.545. The Morgan fingerprint density at radius 3 is 2.56 bits per heavy atom. The van der Waals surface area contributed by atoms with E-state index >= 15 is 0 Å². The maximum Gasteiger partial charge on any atom is 0.226 e. The van der Waals surface area contributed by atoms with Gasteiger partial charge >= 0.3 is 0 Å². The highest BCUT2D eigenvalue weighted by atomic mass is 15.3. The quantitative estimate of drug-likeness (QED) is 0.682. The van der Waals surface area contributed by atoms with Gasteiger partial charge in [0.2, 0.25) is 5.95 Å². The van der Waals surface area contributed by atoms with Crippen LogP contribution < -0.4 is 4.90 Å². The van der Waals surface area contributed by atoms with Gasteiger partial charge < -0.3 is 9.80 Å². The number of aromatic nitrogens is 2. The molecule has 1 saturated heterocycles. The van der Waals surface area contributed by atoms with Gasteiger partial charge in [-0.05, 0) is 20.0 Å². The molecule has 5 nitrogen and oxygen atoms in total. The third-order valence-corrected chi connectivity index (χ3v) is 2.74. The van der Waals surface area contributed by atoms with Crippen molar-refractivity contribution in [3.8, 4) is 6.07 Å². The lowest BCUT2D eigenvalue weighted by Crippen LogP contribution is -2.45. The van der Waals surface area contributed by atoms with Crippen LogP contribution in [0.4, 0.5) is 5.95 Å². The van der Waals surface area contributed by atoms with E-state index in [-0.39, 0.29) is 0 Å². The molecule has 2 rings (SSSR count). The minimum Gasteiger partial charge on any atom is -0.338 e. The van der Waals surface area contributed by atoms with Crippen LogP contribution in [0.5, 0.6) is 0 Å². The molecule has 0 N–H and O–H groups in total. The number of nitrogens with zero attached hydrogens (tertiary/aromatic N) is 5. The number of hydrogen-bond donors (Lipinski definition) is 0. The predicted molar refractivity (Wildman–Crippen MR) is 61.2 cm³/mol. The van der Waals surface area contributed by atoms with Crippen molar-refractivity contribution < 1.29 is 0 Å². The minimum absolute atomic E-state index is 0.446. The molecule has 1 aromatic rings. The normalized spacial score (nSPS) is 17.2. The first-order valence-corrected chi connectivity index (χ1v) is 5.38. The first-order chi connectivity index (χ1) is 7.69. The minimum atomic E-state index is 0.446. The van der Waals surface area contributed by atoms with E-state index in [0.29, 0.717) is 11.6 Å². The smallest absolute Gasteiger partial charge is 0.226 e. The molecule has 0 atom stereocenters. The Hall–Kier alpha value is -1.67. The highest BCUT2D eigenvalue weighted by Crippen LogP contribution is 2.12. The summed E-state index contributed by atoms with van der Waals surface area (Å²) in [7, 11) is 2.11. The molecule has 1 aliphatic heterocycles. The standard InChI is InChI=1S/C11H15N5/c1-9-7-10(8-12)14-11(13-9)16-5-3-15(2)4-6-16/h7H,3-6H2,1-2H3. The van der Waals surface area contributed by atoms with Crippen molar-refractivity contribution in [1.29, 1.82) is 5.26 Å². The summed E-state index contributed by atoms with van der Waals surface area (Å²) in [6, 6.07) is 3.78. The van der Waals surface area contributed by atoms with Crippen LogP contribution in [-0.2, 0) is 0 Å². The molecule has 0 unspecified atom stereocenters. The Balaban J connectivity index is 2.20. The van der Waals surface area contributed by atoms with Crippen molar-refractivity contribution in [2.45, 2.75) is 6.92 Å². The van der Waals surface area contributed by atoms with Crippen LogP contribution in [-0.4, -0.2) is 48.1 Å². The SMILES string of the molecule is Cc1cc(C#N)nc(N2CCN(C)CC2)n1. The summed E-state index contributed by atoms with van der Waals surface area (Å²) < 4.78 is 0. The first-order valence-electron chi connectivity index (χ1n) is 5.38. The Labute approximate surface area is 95.3 Å². The average Bonchev–Trinajstić information content (AvgIpc) is 2.29. The molecule has 0 bridgehead atoms. The molecule has 0 spiro atoms. The van der Waals surface area contributed by atoms with Gasteiger partial charge in [0.1, 0.15) is 11.8 Å². The van der Waals surface area contributed by atoms with E-state index in [4.69, 9.17) is 5.26 Å².